The van der Waals surface area contributed by atoms with Gasteiger partial charge in [0.05, 0.1) is 0 Å². The fourth-order valence-corrected chi connectivity index (χ4v) is 2.56. The van der Waals surface area contributed by atoms with Gasteiger partial charge in [0, 0.05) is 19.0 Å². The van der Waals surface area contributed by atoms with Crippen LogP contribution < -0.4 is 10.6 Å². The molecule has 0 aromatic heterocycles. The summed E-state index contributed by atoms with van der Waals surface area (Å²) < 4.78 is 0. The van der Waals surface area contributed by atoms with E-state index < -0.39 is 5.97 Å². The summed E-state index contributed by atoms with van der Waals surface area (Å²) in [5.74, 6) is -0.754. The molecule has 0 radical (unpaired) electrons. The maximum Gasteiger partial charge on any atom is 0.315 e. The molecule has 116 valence electrons. The number of aliphatic carboxylic acids is 1. The van der Waals surface area contributed by atoms with Gasteiger partial charge in [-0.1, -0.05) is 20.3 Å². The summed E-state index contributed by atoms with van der Waals surface area (Å²) in [5, 5.41) is 14.4. The van der Waals surface area contributed by atoms with E-state index in [0.717, 1.165) is 38.5 Å². The lowest BCUT2D eigenvalue weighted by molar-refractivity contribution is -0.137. The number of urea groups is 1. The molecule has 1 fully saturated rings. The smallest absolute Gasteiger partial charge is 0.315 e. The lowest BCUT2D eigenvalue weighted by Crippen LogP contribution is -2.44. The number of amides is 2. The fraction of sp³-hybridized carbons (Fsp3) is 0.867. The van der Waals surface area contributed by atoms with E-state index in [0.29, 0.717) is 24.4 Å². The van der Waals surface area contributed by atoms with Gasteiger partial charge in [-0.25, -0.2) is 4.79 Å². The molecular weight excluding hydrogens is 256 g/mol. The molecule has 0 atom stereocenters. The second kappa shape index (κ2) is 8.12. The monoisotopic (exact) mass is 284 g/mol. The van der Waals surface area contributed by atoms with Gasteiger partial charge in [0.15, 0.2) is 0 Å². The van der Waals surface area contributed by atoms with Crippen LogP contribution in [-0.2, 0) is 4.79 Å². The number of carbonyl (C=O) groups is 2. The van der Waals surface area contributed by atoms with E-state index in [2.05, 4.69) is 24.5 Å². The highest BCUT2D eigenvalue weighted by Crippen LogP contribution is 2.34. The van der Waals surface area contributed by atoms with E-state index >= 15 is 0 Å². The van der Waals surface area contributed by atoms with Gasteiger partial charge in [-0.05, 0) is 43.9 Å². The molecular formula is C15H28N2O3. The molecule has 3 N–H and O–H groups in total. The Bertz CT molecular complexity index is 319. The van der Waals surface area contributed by atoms with Crippen LogP contribution in [0.2, 0.25) is 0 Å². The summed E-state index contributed by atoms with van der Waals surface area (Å²) in [6.45, 7) is 5.17. The molecule has 1 saturated carbocycles. The Morgan fingerprint density at radius 1 is 1.15 bits per heavy atom. The highest BCUT2D eigenvalue weighted by atomic mass is 16.4. The number of unbranched alkanes of at least 4 members (excludes halogenated alkanes) is 2. The number of hydrogen-bond acceptors (Lipinski definition) is 2. The van der Waals surface area contributed by atoms with Crippen LogP contribution in [0.5, 0.6) is 0 Å². The van der Waals surface area contributed by atoms with Crippen LogP contribution >= 0.6 is 0 Å². The van der Waals surface area contributed by atoms with Gasteiger partial charge < -0.3 is 15.7 Å². The van der Waals surface area contributed by atoms with Gasteiger partial charge >= 0.3 is 12.0 Å². The van der Waals surface area contributed by atoms with Crippen LogP contribution in [0.4, 0.5) is 4.79 Å². The van der Waals surface area contributed by atoms with Crippen molar-refractivity contribution in [2.45, 2.75) is 71.3 Å². The lowest BCUT2D eigenvalue weighted by atomic mass is 9.76. The summed E-state index contributed by atoms with van der Waals surface area (Å²) in [6.07, 6.45) is 6.99. The van der Waals surface area contributed by atoms with E-state index in [1.54, 1.807) is 0 Å². The lowest BCUT2D eigenvalue weighted by Gasteiger charge is -2.34. The second-order valence-electron chi connectivity index (χ2n) is 6.54. The van der Waals surface area contributed by atoms with Crippen molar-refractivity contribution in [2.24, 2.45) is 5.41 Å². The van der Waals surface area contributed by atoms with Gasteiger partial charge in [-0.2, -0.15) is 0 Å². The molecule has 0 aromatic rings. The molecule has 0 aromatic carbocycles. The SMILES string of the molecule is CC1(C)CCC(NC(=O)NCCCCCC(=O)O)CC1. The van der Waals surface area contributed by atoms with Crippen molar-refractivity contribution in [1.29, 1.82) is 0 Å². The van der Waals surface area contributed by atoms with Crippen molar-refractivity contribution in [3.05, 3.63) is 0 Å². The summed E-state index contributed by atoms with van der Waals surface area (Å²) in [7, 11) is 0. The first-order valence-corrected chi connectivity index (χ1v) is 7.65. The number of hydrogen-bond donors (Lipinski definition) is 3. The highest BCUT2D eigenvalue weighted by Gasteiger charge is 2.27. The normalized spacial score (nSPS) is 18.5. The van der Waals surface area contributed by atoms with Crippen LogP contribution in [0, 0.1) is 5.41 Å². The summed E-state index contributed by atoms with van der Waals surface area (Å²) in [4.78, 5) is 22.0. The minimum Gasteiger partial charge on any atom is -0.481 e. The van der Waals surface area contributed by atoms with Crippen LogP contribution in [-0.4, -0.2) is 29.7 Å². The third kappa shape index (κ3) is 7.36. The van der Waals surface area contributed by atoms with Gasteiger partial charge in [-0.15, -0.1) is 0 Å². The summed E-state index contributed by atoms with van der Waals surface area (Å²) in [5.41, 5.74) is 0.415. The number of nitrogens with one attached hydrogen (secondary N) is 2. The first kappa shape index (κ1) is 16.8. The minimum atomic E-state index is -0.754. The minimum absolute atomic E-state index is 0.0899. The van der Waals surface area contributed by atoms with E-state index in [1.807, 2.05) is 0 Å². The van der Waals surface area contributed by atoms with E-state index in [4.69, 9.17) is 5.11 Å². The van der Waals surface area contributed by atoms with Crippen molar-refractivity contribution in [2.75, 3.05) is 6.54 Å². The molecule has 0 bridgehead atoms. The van der Waals surface area contributed by atoms with Crippen molar-refractivity contribution in [1.82, 2.24) is 10.6 Å². The predicted molar refractivity (Wildman–Crippen MR) is 78.7 cm³/mol. The van der Waals surface area contributed by atoms with Gasteiger partial charge in [0.1, 0.15) is 0 Å². The van der Waals surface area contributed by atoms with Gasteiger partial charge in [-0.3, -0.25) is 4.79 Å². The Morgan fingerprint density at radius 2 is 1.80 bits per heavy atom. The van der Waals surface area contributed by atoms with Crippen molar-refractivity contribution < 1.29 is 14.7 Å². The molecule has 2 amide bonds. The molecule has 0 heterocycles. The van der Waals surface area contributed by atoms with Crippen LogP contribution in [0.25, 0.3) is 0 Å². The zero-order valence-electron chi connectivity index (χ0n) is 12.7. The number of carboxylic acids is 1. The van der Waals surface area contributed by atoms with E-state index in [1.165, 1.54) is 0 Å². The Balaban J connectivity index is 2.02. The number of rotatable bonds is 7. The third-order valence-electron chi connectivity index (χ3n) is 4.03. The van der Waals surface area contributed by atoms with Crippen LogP contribution in [0.3, 0.4) is 0 Å². The Hall–Kier alpha value is -1.26. The first-order chi connectivity index (χ1) is 9.39. The van der Waals surface area contributed by atoms with Gasteiger partial charge in [0.2, 0.25) is 0 Å². The molecule has 5 heteroatoms. The fourth-order valence-electron chi connectivity index (χ4n) is 2.56. The maximum atomic E-state index is 11.7. The topological polar surface area (TPSA) is 78.4 Å². The van der Waals surface area contributed by atoms with Crippen molar-refractivity contribution in [3.63, 3.8) is 0 Å². The third-order valence-corrected chi connectivity index (χ3v) is 4.03. The first-order valence-electron chi connectivity index (χ1n) is 7.65. The van der Waals surface area contributed by atoms with E-state index in [-0.39, 0.29) is 12.5 Å². The zero-order chi connectivity index (χ0) is 15.0. The van der Waals surface area contributed by atoms with Crippen LogP contribution in [0.15, 0.2) is 0 Å². The van der Waals surface area contributed by atoms with Crippen molar-refractivity contribution in [3.8, 4) is 0 Å². The average molecular weight is 284 g/mol. The summed E-state index contributed by atoms with van der Waals surface area (Å²) >= 11 is 0. The molecule has 5 nitrogen and oxygen atoms in total. The van der Waals surface area contributed by atoms with Gasteiger partial charge in [0.25, 0.3) is 0 Å². The number of carboxylic acid groups (broad SMARTS) is 1. The molecule has 1 aliphatic carbocycles. The largest absolute Gasteiger partial charge is 0.481 e. The molecule has 0 spiro atoms. The van der Waals surface area contributed by atoms with Crippen molar-refractivity contribution >= 4 is 12.0 Å². The zero-order valence-corrected chi connectivity index (χ0v) is 12.7. The Morgan fingerprint density at radius 3 is 2.40 bits per heavy atom. The Labute approximate surface area is 121 Å². The molecule has 0 aliphatic heterocycles. The quantitative estimate of drug-likeness (QED) is 0.629. The highest BCUT2D eigenvalue weighted by molar-refractivity contribution is 5.74. The molecule has 0 saturated heterocycles. The summed E-state index contributed by atoms with van der Waals surface area (Å²) in [6, 6.07) is 0.211. The predicted octanol–water partition coefficient (Wildman–Crippen LogP) is 2.90. The molecule has 20 heavy (non-hydrogen) atoms. The molecule has 1 rings (SSSR count). The molecule has 0 unspecified atom stereocenters. The average Bonchev–Trinajstić information content (AvgIpc) is 2.36. The van der Waals surface area contributed by atoms with E-state index in [9.17, 15) is 9.59 Å². The van der Waals surface area contributed by atoms with Crippen LogP contribution in [0.1, 0.15) is 65.2 Å². The standard InChI is InChI=1S/C15H28N2O3/c1-15(2)9-7-12(8-10-15)17-14(20)16-11-5-3-4-6-13(18)19/h12H,3-11H2,1-2H3,(H,18,19)(H2,16,17,20). The Kier molecular flexibility index (Phi) is 6.82. The number of carbonyl (C=O) groups excluding carboxylic acids is 1. The second-order valence-corrected chi connectivity index (χ2v) is 6.54. The maximum absolute atomic E-state index is 11.7. The molecule has 1 aliphatic rings.